The van der Waals surface area contributed by atoms with Gasteiger partial charge >= 0.3 is 0 Å². The molecule has 7 heteroatoms. The van der Waals surface area contributed by atoms with Crippen LogP contribution in [0.1, 0.15) is 44.1 Å². The number of thioether (sulfide) groups is 1. The molecule has 2 aromatic heterocycles. The highest BCUT2D eigenvalue weighted by Gasteiger charge is 2.51. The number of benzene rings is 1. The van der Waals surface area contributed by atoms with Crippen molar-refractivity contribution in [1.29, 1.82) is 0 Å². The zero-order chi connectivity index (χ0) is 22.4. The molecule has 4 aliphatic rings. The predicted octanol–water partition coefficient (Wildman–Crippen LogP) is 4.81. The molecule has 3 aromatic rings. The summed E-state index contributed by atoms with van der Waals surface area (Å²) < 4.78 is 2.06. The molecule has 1 amide bonds. The number of hydrogen-bond acceptors (Lipinski definition) is 5. The highest BCUT2D eigenvalue weighted by molar-refractivity contribution is 7.99. The molecule has 1 aromatic carbocycles. The molecule has 1 N–H and O–H groups in total. The van der Waals surface area contributed by atoms with E-state index in [4.69, 9.17) is 0 Å². The van der Waals surface area contributed by atoms with Crippen molar-refractivity contribution in [3.8, 4) is 17.1 Å². The number of amides is 1. The number of aryl methyl sites for hydroxylation is 1. The van der Waals surface area contributed by atoms with Crippen molar-refractivity contribution < 1.29 is 4.79 Å². The van der Waals surface area contributed by atoms with E-state index in [-0.39, 0.29) is 11.4 Å². The SMILES string of the molecule is Cc1ccccc1-n1c(SCC(=O)NC23CC4CC(CC(C4)C2)C3)nnc1-c1ccncc1. The molecular weight excluding hydrogens is 430 g/mol. The average molecular weight is 460 g/mol. The quantitative estimate of drug-likeness (QED) is 0.535. The fourth-order valence-corrected chi connectivity index (χ4v) is 7.55. The summed E-state index contributed by atoms with van der Waals surface area (Å²) in [4.78, 5) is 17.2. The summed E-state index contributed by atoms with van der Waals surface area (Å²) in [7, 11) is 0. The highest BCUT2D eigenvalue weighted by atomic mass is 32.2. The Kier molecular flexibility index (Phi) is 5.24. The van der Waals surface area contributed by atoms with E-state index in [2.05, 4.69) is 44.1 Å². The monoisotopic (exact) mass is 459 g/mol. The van der Waals surface area contributed by atoms with Crippen LogP contribution in [0.15, 0.2) is 53.9 Å². The lowest BCUT2D eigenvalue weighted by Gasteiger charge is -2.56. The lowest BCUT2D eigenvalue weighted by Crippen LogP contribution is -2.60. The van der Waals surface area contributed by atoms with Gasteiger partial charge in [0.05, 0.1) is 11.4 Å². The maximum Gasteiger partial charge on any atom is 0.230 e. The molecule has 4 saturated carbocycles. The summed E-state index contributed by atoms with van der Waals surface area (Å²) in [5, 5.41) is 13.2. The van der Waals surface area contributed by atoms with Gasteiger partial charge in [-0.25, -0.2) is 0 Å². The van der Waals surface area contributed by atoms with Gasteiger partial charge in [0.1, 0.15) is 0 Å². The molecule has 0 atom stereocenters. The Hall–Kier alpha value is -2.67. The van der Waals surface area contributed by atoms with Crippen LogP contribution in [0.5, 0.6) is 0 Å². The highest BCUT2D eigenvalue weighted by Crippen LogP contribution is 2.55. The van der Waals surface area contributed by atoms with Crippen molar-refractivity contribution >= 4 is 17.7 Å². The van der Waals surface area contributed by atoms with Gasteiger partial charge in [0.25, 0.3) is 0 Å². The molecule has 4 aliphatic carbocycles. The Bertz CT molecular complexity index is 1140. The zero-order valence-electron chi connectivity index (χ0n) is 18.9. The molecule has 0 spiro atoms. The fraction of sp³-hybridized carbons (Fsp3) is 0.462. The van der Waals surface area contributed by atoms with E-state index in [1.54, 1.807) is 12.4 Å². The van der Waals surface area contributed by atoms with Crippen molar-refractivity contribution in [1.82, 2.24) is 25.1 Å². The first kappa shape index (κ1) is 20.9. The second-order valence-electron chi connectivity index (χ2n) is 10.2. The van der Waals surface area contributed by atoms with Crippen LogP contribution in [-0.4, -0.2) is 36.9 Å². The third kappa shape index (κ3) is 3.97. The lowest BCUT2D eigenvalue weighted by molar-refractivity contribution is -0.124. The predicted molar refractivity (Wildman–Crippen MR) is 129 cm³/mol. The van der Waals surface area contributed by atoms with Crippen LogP contribution in [0.3, 0.4) is 0 Å². The minimum atomic E-state index is 0.0400. The Balaban J connectivity index is 1.23. The smallest absolute Gasteiger partial charge is 0.230 e. The maximum absolute atomic E-state index is 13.1. The first-order valence-electron chi connectivity index (χ1n) is 11.9. The second-order valence-corrected chi connectivity index (χ2v) is 11.1. The largest absolute Gasteiger partial charge is 0.350 e. The average Bonchev–Trinajstić information content (AvgIpc) is 3.21. The molecule has 4 bridgehead atoms. The van der Waals surface area contributed by atoms with E-state index in [9.17, 15) is 4.79 Å². The molecule has 0 saturated heterocycles. The molecular formula is C26H29N5OS. The minimum absolute atomic E-state index is 0.0400. The molecule has 6 nitrogen and oxygen atoms in total. The van der Waals surface area contributed by atoms with Crippen LogP contribution < -0.4 is 5.32 Å². The molecule has 2 heterocycles. The Morgan fingerprint density at radius 2 is 1.70 bits per heavy atom. The van der Waals surface area contributed by atoms with Crippen LogP contribution >= 0.6 is 11.8 Å². The van der Waals surface area contributed by atoms with Crippen molar-refractivity contribution in [2.24, 2.45) is 17.8 Å². The van der Waals surface area contributed by atoms with Gasteiger partial charge in [-0.3, -0.25) is 14.3 Å². The van der Waals surface area contributed by atoms with Crippen molar-refractivity contribution in [3.05, 3.63) is 54.4 Å². The standard InChI is InChI=1S/C26H29N5OS/c1-17-4-2-3-5-22(17)31-24(21-6-8-27-9-7-21)29-30-25(31)33-16-23(32)28-26-13-18-10-19(14-26)12-20(11-18)15-26/h2-9,18-20H,10-16H2,1H3,(H,28,32). The number of aromatic nitrogens is 4. The number of carbonyl (C=O) groups is 1. The lowest BCUT2D eigenvalue weighted by atomic mass is 9.53. The topological polar surface area (TPSA) is 72.7 Å². The third-order valence-electron chi connectivity index (χ3n) is 7.70. The van der Waals surface area contributed by atoms with E-state index in [0.717, 1.165) is 45.5 Å². The summed E-state index contributed by atoms with van der Waals surface area (Å²) in [6.45, 7) is 2.08. The molecule has 0 unspecified atom stereocenters. The van der Waals surface area contributed by atoms with Gasteiger partial charge in [0.2, 0.25) is 5.91 Å². The van der Waals surface area contributed by atoms with E-state index < -0.39 is 0 Å². The van der Waals surface area contributed by atoms with Crippen LogP contribution in [0, 0.1) is 24.7 Å². The Morgan fingerprint density at radius 1 is 1.03 bits per heavy atom. The number of pyridine rings is 1. The first-order chi connectivity index (χ1) is 16.1. The van der Waals surface area contributed by atoms with Gasteiger partial charge in [0.15, 0.2) is 11.0 Å². The zero-order valence-corrected chi connectivity index (χ0v) is 19.7. The van der Waals surface area contributed by atoms with E-state index in [1.807, 2.05) is 24.3 Å². The van der Waals surface area contributed by atoms with Crippen LogP contribution in [0.4, 0.5) is 0 Å². The number of nitrogens with zero attached hydrogens (tertiary/aromatic N) is 4. The summed E-state index contributed by atoms with van der Waals surface area (Å²) in [6, 6.07) is 12.1. The number of nitrogens with one attached hydrogen (secondary N) is 1. The van der Waals surface area contributed by atoms with Gasteiger partial charge in [-0.15, -0.1) is 10.2 Å². The third-order valence-corrected chi connectivity index (χ3v) is 8.63. The molecule has 170 valence electrons. The Morgan fingerprint density at radius 3 is 2.36 bits per heavy atom. The fourth-order valence-electron chi connectivity index (χ4n) is 6.81. The summed E-state index contributed by atoms with van der Waals surface area (Å²) >= 11 is 1.46. The van der Waals surface area contributed by atoms with Gasteiger partial charge in [-0.2, -0.15) is 0 Å². The molecule has 33 heavy (non-hydrogen) atoms. The maximum atomic E-state index is 13.1. The second kappa shape index (κ2) is 8.28. The van der Waals surface area contributed by atoms with Gasteiger partial charge in [-0.05, 0) is 87.0 Å². The Labute approximate surface area is 198 Å². The first-order valence-corrected chi connectivity index (χ1v) is 12.9. The normalized spacial score (nSPS) is 27.6. The molecule has 0 aliphatic heterocycles. The van der Waals surface area contributed by atoms with E-state index >= 15 is 0 Å². The number of hydrogen-bond donors (Lipinski definition) is 1. The number of para-hydroxylation sites is 1. The van der Waals surface area contributed by atoms with Crippen LogP contribution in [0.25, 0.3) is 17.1 Å². The van der Waals surface area contributed by atoms with Crippen molar-refractivity contribution in [2.45, 2.75) is 56.1 Å². The van der Waals surface area contributed by atoms with Gasteiger partial charge < -0.3 is 5.32 Å². The summed E-state index contributed by atoms with van der Waals surface area (Å²) in [6.07, 6.45) is 11.2. The van der Waals surface area contributed by atoms with Gasteiger partial charge in [0, 0.05) is 23.5 Å². The summed E-state index contributed by atoms with van der Waals surface area (Å²) in [5.41, 5.74) is 3.15. The van der Waals surface area contributed by atoms with Crippen molar-refractivity contribution in [3.63, 3.8) is 0 Å². The minimum Gasteiger partial charge on any atom is -0.350 e. The van der Waals surface area contributed by atoms with E-state index in [1.165, 1.54) is 50.3 Å². The molecule has 7 rings (SSSR count). The van der Waals surface area contributed by atoms with Gasteiger partial charge in [-0.1, -0.05) is 30.0 Å². The summed E-state index contributed by atoms with van der Waals surface area (Å²) in [5.74, 6) is 3.67. The molecule has 0 radical (unpaired) electrons. The molecule has 4 fully saturated rings. The van der Waals surface area contributed by atoms with Crippen LogP contribution in [-0.2, 0) is 4.79 Å². The van der Waals surface area contributed by atoms with Crippen molar-refractivity contribution in [2.75, 3.05) is 5.75 Å². The number of carbonyl (C=O) groups excluding carboxylic acids is 1. The van der Waals surface area contributed by atoms with Crippen LogP contribution in [0.2, 0.25) is 0 Å². The van der Waals surface area contributed by atoms with E-state index in [0.29, 0.717) is 5.75 Å². The number of rotatable bonds is 6.